The fourth-order valence-electron chi connectivity index (χ4n) is 2.21. The molecule has 0 radical (unpaired) electrons. The molecule has 2 atom stereocenters. The molecule has 1 aromatic rings. The van der Waals surface area contributed by atoms with Crippen LogP contribution in [0.25, 0.3) is 0 Å². The van der Waals surface area contributed by atoms with E-state index in [0.717, 1.165) is 32.2 Å². The summed E-state index contributed by atoms with van der Waals surface area (Å²) >= 11 is 1.69. The zero-order valence-corrected chi connectivity index (χ0v) is 11.4. The highest BCUT2D eigenvalue weighted by atomic mass is 35.5. The van der Waals surface area contributed by atoms with Crippen molar-refractivity contribution in [2.45, 2.75) is 31.7 Å². The summed E-state index contributed by atoms with van der Waals surface area (Å²) in [5.74, 6) is 0.183. The van der Waals surface area contributed by atoms with Crippen LogP contribution in [0.2, 0.25) is 0 Å². The first-order valence-corrected chi connectivity index (χ1v) is 6.76. The van der Waals surface area contributed by atoms with E-state index in [1.165, 1.54) is 5.56 Å². The van der Waals surface area contributed by atoms with E-state index in [-0.39, 0.29) is 30.3 Å². The van der Waals surface area contributed by atoms with Gasteiger partial charge in [0.25, 0.3) is 0 Å². The zero-order valence-electron chi connectivity index (χ0n) is 9.72. The average Bonchev–Trinajstić information content (AvgIpc) is 2.88. The highest BCUT2D eigenvalue weighted by Crippen LogP contribution is 2.23. The quantitative estimate of drug-likeness (QED) is 0.882. The molecule has 5 heteroatoms. The summed E-state index contributed by atoms with van der Waals surface area (Å²) in [7, 11) is 0. The second kappa shape index (κ2) is 6.99. The monoisotopic (exact) mass is 274 g/mol. The summed E-state index contributed by atoms with van der Waals surface area (Å²) in [4.78, 5) is 11.8. The van der Waals surface area contributed by atoms with Crippen molar-refractivity contribution in [3.05, 3.63) is 22.4 Å². The maximum Gasteiger partial charge on any atom is 0.224 e. The summed E-state index contributed by atoms with van der Waals surface area (Å²) in [5.41, 5.74) is 7.18. The van der Waals surface area contributed by atoms with Crippen molar-refractivity contribution in [1.29, 1.82) is 0 Å². The summed E-state index contributed by atoms with van der Waals surface area (Å²) in [5, 5.41) is 7.16. The molecule has 1 saturated carbocycles. The number of amides is 1. The lowest BCUT2D eigenvalue weighted by Crippen LogP contribution is -2.39. The molecule has 0 aromatic carbocycles. The Morgan fingerprint density at radius 3 is 2.94 bits per heavy atom. The molecule has 3 N–H and O–H groups in total. The van der Waals surface area contributed by atoms with Gasteiger partial charge < -0.3 is 11.1 Å². The first-order valence-electron chi connectivity index (χ1n) is 5.82. The molecule has 1 aromatic heterocycles. The molecule has 0 saturated heterocycles. The number of hydrogen-bond acceptors (Lipinski definition) is 3. The normalized spacial score (nSPS) is 23.1. The predicted octanol–water partition coefficient (Wildman–Crippen LogP) is 1.96. The van der Waals surface area contributed by atoms with Gasteiger partial charge >= 0.3 is 0 Å². The Kier molecular flexibility index (Phi) is 5.95. The molecule has 17 heavy (non-hydrogen) atoms. The number of carbonyl (C=O) groups is 1. The van der Waals surface area contributed by atoms with Crippen molar-refractivity contribution in [1.82, 2.24) is 5.32 Å². The minimum atomic E-state index is 0. The number of nitrogens with two attached hydrogens (primary N) is 1. The molecular weight excluding hydrogens is 256 g/mol. The van der Waals surface area contributed by atoms with Gasteiger partial charge in [-0.05, 0) is 41.7 Å². The van der Waals surface area contributed by atoms with Crippen LogP contribution < -0.4 is 11.1 Å². The second-order valence-electron chi connectivity index (χ2n) is 4.37. The van der Waals surface area contributed by atoms with Crippen molar-refractivity contribution in [3.63, 3.8) is 0 Å². The Balaban J connectivity index is 0.00000144. The minimum Gasteiger partial charge on any atom is -0.355 e. The van der Waals surface area contributed by atoms with E-state index < -0.39 is 0 Å². The number of rotatable bonds is 4. The first kappa shape index (κ1) is 14.5. The zero-order chi connectivity index (χ0) is 11.4. The fraction of sp³-hybridized carbons (Fsp3) is 0.583. The van der Waals surface area contributed by atoms with E-state index in [9.17, 15) is 4.79 Å². The third-order valence-corrected chi connectivity index (χ3v) is 3.93. The molecule has 0 bridgehead atoms. The maximum absolute atomic E-state index is 11.8. The van der Waals surface area contributed by atoms with Gasteiger partial charge in [-0.1, -0.05) is 6.42 Å². The average molecular weight is 275 g/mol. The van der Waals surface area contributed by atoms with Gasteiger partial charge in [0, 0.05) is 12.6 Å². The first-order chi connectivity index (χ1) is 7.77. The van der Waals surface area contributed by atoms with Gasteiger partial charge in [-0.2, -0.15) is 11.3 Å². The Hall–Kier alpha value is -0.580. The van der Waals surface area contributed by atoms with Crippen LogP contribution in [-0.2, 0) is 11.2 Å². The van der Waals surface area contributed by atoms with Crippen LogP contribution in [0.5, 0.6) is 0 Å². The summed E-state index contributed by atoms with van der Waals surface area (Å²) in [6.45, 7) is 0.721. The van der Waals surface area contributed by atoms with E-state index in [1.54, 1.807) is 11.3 Å². The summed E-state index contributed by atoms with van der Waals surface area (Å²) in [6.07, 6.45) is 3.94. The van der Waals surface area contributed by atoms with Crippen LogP contribution in [0.4, 0.5) is 0 Å². The molecule has 0 aliphatic heterocycles. The molecule has 96 valence electrons. The number of nitrogens with one attached hydrogen (secondary N) is 1. The van der Waals surface area contributed by atoms with Gasteiger partial charge in [0.15, 0.2) is 0 Å². The Labute approximate surface area is 112 Å². The lowest BCUT2D eigenvalue weighted by Gasteiger charge is -2.14. The SMILES string of the molecule is Cl.NC1CCCC1C(=O)NCCc1ccsc1. The van der Waals surface area contributed by atoms with Crippen molar-refractivity contribution in [2.24, 2.45) is 11.7 Å². The molecule has 2 unspecified atom stereocenters. The van der Waals surface area contributed by atoms with Gasteiger partial charge in [-0.3, -0.25) is 4.79 Å². The lowest BCUT2D eigenvalue weighted by atomic mass is 10.0. The van der Waals surface area contributed by atoms with E-state index in [1.807, 2.05) is 0 Å². The fourth-order valence-corrected chi connectivity index (χ4v) is 2.91. The number of halogens is 1. The maximum atomic E-state index is 11.8. The number of hydrogen-bond donors (Lipinski definition) is 2. The smallest absolute Gasteiger partial charge is 0.224 e. The molecule has 1 amide bonds. The number of carbonyl (C=O) groups excluding carboxylic acids is 1. The third-order valence-electron chi connectivity index (χ3n) is 3.20. The van der Waals surface area contributed by atoms with Crippen molar-refractivity contribution < 1.29 is 4.79 Å². The molecule has 3 nitrogen and oxygen atoms in total. The minimum absolute atomic E-state index is 0. The molecule has 0 spiro atoms. The van der Waals surface area contributed by atoms with Gasteiger partial charge in [0.1, 0.15) is 0 Å². The van der Waals surface area contributed by atoms with Crippen molar-refractivity contribution in [2.75, 3.05) is 6.54 Å². The second-order valence-corrected chi connectivity index (χ2v) is 5.15. The van der Waals surface area contributed by atoms with E-state index in [4.69, 9.17) is 5.73 Å². The lowest BCUT2D eigenvalue weighted by molar-refractivity contribution is -0.125. The molecule has 1 fully saturated rings. The van der Waals surface area contributed by atoms with Gasteiger partial charge in [0.2, 0.25) is 5.91 Å². The van der Waals surface area contributed by atoms with Crippen molar-refractivity contribution >= 4 is 29.7 Å². The van der Waals surface area contributed by atoms with Gasteiger partial charge in [-0.15, -0.1) is 12.4 Å². The third kappa shape index (κ3) is 3.98. The Morgan fingerprint density at radius 1 is 1.53 bits per heavy atom. The van der Waals surface area contributed by atoms with Crippen LogP contribution in [0.3, 0.4) is 0 Å². The highest BCUT2D eigenvalue weighted by Gasteiger charge is 2.29. The van der Waals surface area contributed by atoms with Crippen LogP contribution in [-0.4, -0.2) is 18.5 Å². The van der Waals surface area contributed by atoms with Gasteiger partial charge in [0.05, 0.1) is 5.92 Å². The summed E-state index contributed by atoms with van der Waals surface area (Å²) in [6, 6.07) is 2.17. The molecule has 1 aliphatic carbocycles. The van der Waals surface area contributed by atoms with E-state index >= 15 is 0 Å². The Bertz CT molecular complexity index is 342. The number of thiophene rings is 1. The molecule has 1 aliphatic rings. The van der Waals surface area contributed by atoms with Crippen LogP contribution >= 0.6 is 23.7 Å². The van der Waals surface area contributed by atoms with Crippen LogP contribution in [0, 0.1) is 5.92 Å². The largest absolute Gasteiger partial charge is 0.355 e. The highest BCUT2D eigenvalue weighted by molar-refractivity contribution is 7.07. The standard InChI is InChI=1S/C12H18N2OS.ClH/c13-11-3-1-2-10(11)12(15)14-6-4-9-5-7-16-8-9;/h5,7-8,10-11H,1-4,6,13H2,(H,14,15);1H. The van der Waals surface area contributed by atoms with Crippen LogP contribution in [0.15, 0.2) is 16.8 Å². The molecule has 1 heterocycles. The molecule has 2 rings (SSSR count). The summed E-state index contributed by atoms with van der Waals surface area (Å²) < 4.78 is 0. The van der Waals surface area contributed by atoms with Crippen molar-refractivity contribution in [3.8, 4) is 0 Å². The Morgan fingerprint density at radius 2 is 2.35 bits per heavy atom. The predicted molar refractivity (Wildman–Crippen MR) is 73.6 cm³/mol. The molecular formula is C12H19ClN2OS. The van der Waals surface area contributed by atoms with E-state index in [2.05, 4.69) is 22.1 Å². The van der Waals surface area contributed by atoms with E-state index in [0.29, 0.717) is 0 Å². The van der Waals surface area contributed by atoms with Gasteiger partial charge in [-0.25, -0.2) is 0 Å². The van der Waals surface area contributed by atoms with Crippen LogP contribution in [0.1, 0.15) is 24.8 Å². The topological polar surface area (TPSA) is 55.1 Å².